The second-order valence-electron chi connectivity index (χ2n) is 9.27. The fraction of sp³-hybridized carbons (Fsp3) is 0.0882. The number of halogens is 6. The first kappa shape index (κ1) is 53.3. The fourth-order valence-electron chi connectivity index (χ4n) is 3.79. The molecule has 0 spiro atoms. The van der Waals surface area contributed by atoms with Crippen molar-refractivity contribution in [2.75, 3.05) is 11.5 Å². The third kappa shape index (κ3) is 15.0. The van der Waals surface area contributed by atoms with E-state index in [1.165, 1.54) is 24.3 Å². The van der Waals surface area contributed by atoms with E-state index in [9.17, 15) is 18.4 Å². The zero-order chi connectivity index (χ0) is 36.2. The van der Waals surface area contributed by atoms with E-state index in [1.54, 1.807) is 36.4 Å². The van der Waals surface area contributed by atoms with Gasteiger partial charge in [0.25, 0.3) is 6.47 Å². The molecule has 0 unspecified atom stereocenters. The number of nitrogens with two attached hydrogens (primary N) is 2. The Labute approximate surface area is 410 Å². The third-order valence-electron chi connectivity index (χ3n) is 6.11. The number of rotatable bonds is 7. The first-order valence-electron chi connectivity index (χ1n) is 13.3. The van der Waals surface area contributed by atoms with Crippen LogP contribution in [0.3, 0.4) is 0 Å². The first-order valence-corrected chi connectivity index (χ1v) is 14.8. The summed E-state index contributed by atoms with van der Waals surface area (Å²) in [5.74, 6) is -3.85. The number of carboxylic acid groups (broad SMARTS) is 1. The van der Waals surface area contributed by atoms with Gasteiger partial charge in [-0.1, -0.05) is 116 Å². The molecule has 5 rings (SSSR count). The number of pyridine rings is 2. The predicted molar refractivity (Wildman–Crippen MR) is 192 cm³/mol. The number of anilines is 2. The maximum atomic E-state index is 14.5. The molecule has 0 fully saturated rings. The number of carbonyl (C=O) groups is 3. The molecule has 11 nitrogen and oxygen atoms in total. The van der Waals surface area contributed by atoms with Crippen molar-refractivity contribution >= 4 is 76.2 Å². The number of aromatic nitrogens is 2. The summed E-state index contributed by atoms with van der Waals surface area (Å²) in [5, 5.41) is 17.6. The minimum Gasteiger partial charge on any atom is -1.00 e. The molecule has 2 aromatic heterocycles. The molecular weight excluding hydrogens is 834 g/mol. The number of aromatic carboxylic acids is 1. The van der Waals surface area contributed by atoms with Crippen LogP contribution in [0.2, 0.25) is 20.1 Å². The van der Waals surface area contributed by atoms with Crippen LogP contribution in [0.1, 0.15) is 42.8 Å². The van der Waals surface area contributed by atoms with Crippen LogP contribution in [-0.2, 0) is 21.0 Å². The van der Waals surface area contributed by atoms with Crippen LogP contribution < -0.4 is 119 Å². The van der Waals surface area contributed by atoms with E-state index in [1.807, 2.05) is 18.2 Å². The molecule has 0 bridgehead atoms. The van der Waals surface area contributed by atoms with Crippen molar-refractivity contribution in [2.24, 2.45) is 0 Å². The number of nitrogens with zero attached hydrogens (tertiary/aromatic N) is 2. The van der Waals surface area contributed by atoms with E-state index in [4.69, 9.17) is 77.8 Å². The van der Waals surface area contributed by atoms with E-state index in [0.717, 1.165) is 5.56 Å². The Hall–Kier alpha value is -1.78. The van der Waals surface area contributed by atoms with E-state index in [0.29, 0.717) is 21.2 Å². The molecular formula is C34H30Cl4F2K2N4O7. The molecule has 2 heterocycles. The summed E-state index contributed by atoms with van der Waals surface area (Å²) in [6.07, 6.45) is 0. The van der Waals surface area contributed by atoms with Crippen LogP contribution in [0.5, 0.6) is 0 Å². The summed E-state index contributed by atoms with van der Waals surface area (Å²) in [4.78, 5) is 42.3. The summed E-state index contributed by atoms with van der Waals surface area (Å²) in [6.45, 7) is -0.148. The van der Waals surface area contributed by atoms with Gasteiger partial charge in [-0.2, -0.15) is 0 Å². The Morgan fingerprint density at radius 3 is 1.51 bits per heavy atom. The fourth-order valence-corrected chi connectivity index (χ4v) is 4.45. The molecule has 272 valence electrons. The van der Waals surface area contributed by atoms with Gasteiger partial charge in [0.1, 0.15) is 18.0 Å². The second kappa shape index (κ2) is 26.1. The van der Waals surface area contributed by atoms with E-state index in [2.05, 4.69) is 14.9 Å². The maximum absolute atomic E-state index is 14.5. The molecule has 53 heavy (non-hydrogen) atoms. The summed E-state index contributed by atoms with van der Waals surface area (Å²) >= 11 is 23.2. The molecule has 5 N–H and O–H groups in total. The molecule has 0 radical (unpaired) electrons. The van der Waals surface area contributed by atoms with Crippen LogP contribution in [0.15, 0.2) is 78.9 Å². The Morgan fingerprint density at radius 2 is 1.13 bits per heavy atom. The molecule has 0 saturated carbocycles. The zero-order valence-corrected chi connectivity index (χ0v) is 35.8. The monoisotopic (exact) mass is 862 g/mol. The number of carbonyl (C=O) groups excluding carboxylic acids is 2. The van der Waals surface area contributed by atoms with Crippen LogP contribution in [0.4, 0.5) is 20.2 Å². The van der Waals surface area contributed by atoms with Gasteiger partial charge in [-0.25, -0.2) is 28.3 Å². The van der Waals surface area contributed by atoms with Crippen LogP contribution >= 0.6 is 46.4 Å². The van der Waals surface area contributed by atoms with Crippen molar-refractivity contribution in [1.29, 1.82) is 0 Å². The normalized spacial score (nSPS) is 9.34. The van der Waals surface area contributed by atoms with Crippen molar-refractivity contribution in [1.82, 2.24) is 9.97 Å². The van der Waals surface area contributed by atoms with Gasteiger partial charge < -0.3 is 32.9 Å². The minimum atomic E-state index is -1.38. The molecule has 0 amide bonds. The van der Waals surface area contributed by atoms with Gasteiger partial charge >= 0.3 is 115 Å². The number of esters is 1. The molecule has 19 heteroatoms. The van der Waals surface area contributed by atoms with Gasteiger partial charge in [-0.15, -0.1) is 0 Å². The van der Waals surface area contributed by atoms with Crippen molar-refractivity contribution < 1.29 is 147 Å². The largest absolute Gasteiger partial charge is 1.00 e. The molecule has 0 saturated heterocycles. The van der Waals surface area contributed by atoms with Crippen LogP contribution in [0, 0.1) is 11.6 Å². The topological polar surface area (TPSA) is 191 Å². The van der Waals surface area contributed by atoms with E-state index >= 15 is 0 Å². The summed E-state index contributed by atoms with van der Waals surface area (Å²) < 4.78 is 33.7. The first-order chi connectivity index (χ1) is 23.3. The molecule has 0 atom stereocenters. The van der Waals surface area contributed by atoms with E-state index < -0.39 is 40.0 Å². The number of ether oxygens (including phenoxy) is 1. The molecule has 0 aliphatic rings. The smallest absolute Gasteiger partial charge is 1.00 e. The molecule has 0 aliphatic carbocycles. The number of nitrogen functional groups attached to an aromatic ring is 2. The Kier molecular flexibility index (Phi) is 26.3. The maximum Gasteiger partial charge on any atom is 1.00 e. The van der Waals surface area contributed by atoms with E-state index in [-0.39, 0.29) is 160 Å². The average molecular weight is 865 g/mol. The summed E-state index contributed by atoms with van der Waals surface area (Å²) in [7, 11) is 0. The summed E-state index contributed by atoms with van der Waals surface area (Å²) in [5.41, 5.74) is 10.9. The van der Waals surface area contributed by atoms with Gasteiger partial charge in [0.2, 0.25) is 0 Å². The van der Waals surface area contributed by atoms with Crippen molar-refractivity contribution in [3.8, 4) is 22.5 Å². The molecule has 5 aromatic rings. The van der Waals surface area contributed by atoms with Gasteiger partial charge in [0, 0.05) is 21.2 Å². The minimum absolute atomic E-state index is 0. The summed E-state index contributed by atoms with van der Waals surface area (Å²) in [6, 6.07) is 21.5. The van der Waals surface area contributed by atoms with Crippen molar-refractivity contribution in [3.05, 3.63) is 128 Å². The van der Waals surface area contributed by atoms with Crippen LogP contribution in [0.25, 0.3) is 22.5 Å². The van der Waals surface area contributed by atoms with Crippen LogP contribution in [-0.4, -0.2) is 33.5 Å². The number of hydrogen-bond acceptors (Lipinski definition) is 10. The number of carboxylic acids is 1. The van der Waals surface area contributed by atoms with Gasteiger partial charge in [0.15, 0.2) is 23.0 Å². The molecule has 0 aliphatic heterocycles. The van der Waals surface area contributed by atoms with Gasteiger partial charge in [-0.05, 0) is 29.8 Å². The van der Waals surface area contributed by atoms with Crippen molar-refractivity contribution in [3.63, 3.8) is 0 Å². The van der Waals surface area contributed by atoms with Gasteiger partial charge in [-0.3, -0.25) is 4.79 Å². The zero-order valence-electron chi connectivity index (χ0n) is 27.5. The quantitative estimate of drug-likeness (QED) is 0.0717. The SMILES string of the molecule is C.C.Nc1c(F)c(-c2ccc(Cl)cc2)nc(C(=O)O)c1Cl.Nc1c(F)c(-c2ccc(Cl)cc2)nc(C(=O)OCc2ccccc2)c1Cl.O=CO[O-].[H-].[K+].[K+]. The Balaban J connectivity index is -0.000000832. The standard InChI is InChI=1S/C19H13Cl2FN2O2.C12H7Cl2FN2O2.CH2O3.2CH4.2K.H/c20-13-8-6-12(7-9-13)17-15(22)16(23)14(21)18(24-17)19(25)26-10-11-4-2-1-3-5-11;13-6-3-1-5(2-4-6)10-8(15)9(16)7(14)11(17-10)12(18)19;2-1-4-3;;;;;/h1-9H,10H2,(H2,23,24);1-4H,(H2,16,17)(H,18,19);1,3H;2*1H4;;;/q;;;;;2*+1;-1/p-1. The average Bonchev–Trinajstić information content (AvgIpc) is 3.10. The Bertz CT molecular complexity index is 1980. The number of benzene rings is 3. The van der Waals surface area contributed by atoms with Crippen molar-refractivity contribution in [2.45, 2.75) is 21.5 Å². The molecule has 3 aromatic carbocycles. The van der Waals surface area contributed by atoms with Gasteiger partial charge in [0.05, 0.1) is 21.4 Å². The second-order valence-corrected chi connectivity index (χ2v) is 10.9. The third-order valence-corrected chi connectivity index (χ3v) is 7.38. The number of hydrogen-bond donors (Lipinski definition) is 3. The predicted octanol–water partition coefficient (Wildman–Crippen LogP) is 2.44. The Morgan fingerprint density at radius 1 is 0.755 bits per heavy atom.